The van der Waals surface area contributed by atoms with E-state index in [0.717, 1.165) is 16.6 Å². The Balaban J connectivity index is 2.75. The molecule has 0 heterocycles. The predicted molar refractivity (Wildman–Crippen MR) is 86.2 cm³/mol. The van der Waals surface area contributed by atoms with Crippen molar-refractivity contribution in [1.29, 1.82) is 0 Å². The monoisotopic (exact) mass is 341 g/mol. The first-order valence-corrected chi connectivity index (χ1v) is 7.64. The van der Waals surface area contributed by atoms with Gasteiger partial charge in [-0.3, -0.25) is 15.1 Å². The van der Waals surface area contributed by atoms with Crippen LogP contribution < -0.4 is 11.3 Å². The normalized spacial score (nSPS) is 12.8. The molecule has 5 heteroatoms. The Morgan fingerprint density at radius 3 is 2.55 bits per heavy atom. The van der Waals surface area contributed by atoms with Crippen LogP contribution in [-0.4, -0.2) is 23.9 Å². The smallest absolute Gasteiger partial charge is 0.265 e. The molecule has 1 aromatic carbocycles. The lowest BCUT2D eigenvalue weighted by atomic mass is 10.0. The van der Waals surface area contributed by atoms with Crippen LogP contribution in [0.2, 0.25) is 0 Å². The Hall–Kier alpha value is -0.910. The minimum Gasteiger partial charge on any atom is -0.299 e. The van der Waals surface area contributed by atoms with Gasteiger partial charge in [-0.2, -0.15) is 0 Å². The number of nitrogens with zero attached hydrogens (tertiary/aromatic N) is 1. The van der Waals surface area contributed by atoms with Crippen molar-refractivity contribution in [2.75, 3.05) is 7.05 Å². The number of hydrogen-bond acceptors (Lipinski definition) is 3. The second-order valence-corrected chi connectivity index (χ2v) is 6.53. The van der Waals surface area contributed by atoms with E-state index in [1.54, 1.807) is 12.1 Å². The maximum Gasteiger partial charge on any atom is 0.265 e. The van der Waals surface area contributed by atoms with E-state index < -0.39 is 0 Å². The van der Waals surface area contributed by atoms with Crippen LogP contribution in [0.5, 0.6) is 0 Å². The third-order valence-electron chi connectivity index (χ3n) is 3.43. The maximum absolute atomic E-state index is 11.5. The van der Waals surface area contributed by atoms with Crippen molar-refractivity contribution in [2.24, 2.45) is 11.8 Å². The zero-order valence-corrected chi connectivity index (χ0v) is 14.2. The van der Waals surface area contributed by atoms with Gasteiger partial charge in [-0.25, -0.2) is 5.84 Å². The zero-order chi connectivity index (χ0) is 15.3. The third kappa shape index (κ3) is 4.89. The topological polar surface area (TPSA) is 58.4 Å². The van der Waals surface area contributed by atoms with E-state index in [1.807, 2.05) is 6.07 Å². The van der Waals surface area contributed by atoms with Crippen molar-refractivity contribution in [2.45, 2.75) is 39.8 Å². The number of hydrogen-bond donors (Lipinski definition) is 2. The van der Waals surface area contributed by atoms with E-state index in [-0.39, 0.29) is 5.91 Å². The highest BCUT2D eigenvalue weighted by Gasteiger charge is 2.13. The highest BCUT2D eigenvalue weighted by atomic mass is 79.9. The molecule has 0 aliphatic carbocycles. The Kier molecular flexibility index (Phi) is 6.65. The SMILES string of the molecule is CC(C)CC(C)N(C)Cc1ccc(C(=O)NN)cc1Br. The largest absolute Gasteiger partial charge is 0.299 e. The molecule has 0 spiro atoms. The second-order valence-electron chi connectivity index (χ2n) is 5.67. The first kappa shape index (κ1) is 17.1. The van der Waals surface area contributed by atoms with Crippen molar-refractivity contribution >= 4 is 21.8 Å². The first-order chi connectivity index (χ1) is 9.35. The van der Waals surface area contributed by atoms with E-state index in [1.165, 1.54) is 6.42 Å². The van der Waals surface area contributed by atoms with Gasteiger partial charge in [-0.05, 0) is 44.0 Å². The lowest BCUT2D eigenvalue weighted by Gasteiger charge is -2.26. The van der Waals surface area contributed by atoms with Crippen LogP contribution in [0, 0.1) is 5.92 Å². The van der Waals surface area contributed by atoms with Crippen molar-refractivity contribution in [1.82, 2.24) is 10.3 Å². The molecule has 0 fully saturated rings. The second kappa shape index (κ2) is 7.76. The van der Waals surface area contributed by atoms with Gasteiger partial charge >= 0.3 is 0 Å². The predicted octanol–water partition coefficient (Wildman–Crippen LogP) is 2.92. The molecule has 0 aliphatic rings. The third-order valence-corrected chi connectivity index (χ3v) is 4.17. The van der Waals surface area contributed by atoms with Crippen LogP contribution in [-0.2, 0) is 6.54 Å². The van der Waals surface area contributed by atoms with Gasteiger partial charge in [0.1, 0.15) is 0 Å². The molecule has 3 N–H and O–H groups in total. The molecular formula is C15H24BrN3O. The number of rotatable bonds is 6. The minimum absolute atomic E-state index is 0.279. The number of hydrazine groups is 1. The van der Waals surface area contributed by atoms with E-state index in [4.69, 9.17) is 5.84 Å². The number of benzene rings is 1. The Morgan fingerprint density at radius 2 is 2.05 bits per heavy atom. The lowest BCUT2D eigenvalue weighted by Crippen LogP contribution is -2.31. The molecule has 0 saturated heterocycles. The molecule has 1 rings (SSSR count). The van der Waals surface area contributed by atoms with Crippen LogP contribution in [0.4, 0.5) is 0 Å². The van der Waals surface area contributed by atoms with Crippen LogP contribution in [0.1, 0.15) is 43.1 Å². The fourth-order valence-corrected chi connectivity index (χ4v) is 2.69. The summed E-state index contributed by atoms with van der Waals surface area (Å²) in [7, 11) is 2.12. The number of nitrogens with one attached hydrogen (secondary N) is 1. The van der Waals surface area contributed by atoms with Crippen LogP contribution in [0.15, 0.2) is 22.7 Å². The van der Waals surface area contributed by atoms with Gasteiger partial charge in [0, 0.05) is 22.6 Å². The number of nitrogens with two attached hydrogens (primary N) is 1. The van der Waals surface area contributed by atoms with Crippen LogP contribution in [0.25, 0.3) is 0 Å². The van der Waals surface area contributed by atoms with Crippen molar-refractivity contribution < 1.29 is 4.79 Å². The highest BCUT2D eigenvalue weighted by molar-refractivity contribution is 9.10. The molecule has 1 aromatic rings. The summed E-state index contributed by atoms with van der Waals surface area (Å²) in [4.78, 5) is 13.8. The van der Waals surface area contributed by atoms with Crippen LogP contribution >= 0.6 is 15.9 Å². The van der Waals surface area contributed by atoms with Gasteiger partial charge in [0.05, 0.1) is 0 Å². The number of carbonyl (C=O) groups excluding carboxylic acids is 1. The average Bonchev–Trinajstić information content (AvgIpc) is 2.39. The number of amides is 1. The van der Waals surface area contributed by atoms with Gasteiger partial charge in [-0.1, -0.05) is 35.8 Å². The number of nitrogen functional groups attached to an aromatic ring is 1. The van der Waals surface area contributed by atoms with E-state index in [2.05, 4.69) is 54.1 Å². The Bertz CT molecular complexity index is 462. The first-order valence-electron chi connectivity index (χ1n) is 6.84. The summed E-state index contributed by atoms with van der Waals surface area (Å²) in [5.41, 5.74) is 3.86. The highest BCUT2D eigenvalue weighted by Crippen LogP contribution is 2.21. The van der Waals surface area contributed by atoms with E-state index >= 15 is 0 Å². The van der Waals surface area contributed by atoms with Crippen LogP contribution in [0.3, 0.4) is 0 Å². The molecular weight excluding hydrogens is 318 g/mol. The summed E-state index contributed by atoms with van der Waals surface area (Å²) in [5.74, 6) is 5.54. The molecule has 112 valence electrons. The van der Waals surface area contributed by atoms with Gasteiger partial charge in [0.15, 0.2) is 0 Å². The zero-order valence-electron chi connectivity index (χ0n) is 12.6. The molecule has 0 radical (unpaired) electrons. The summed E-state index contributed by atoms with van der Waals surface area (Å²) < 4.78 is 0.933. The fourth-order valence-electron chi connectivity index (χ4n) is 2.19. The van der Waals surface area contributed by atoms with Gasteiger partial charge in [-0.15, -0.1) is 0 Å². The molecule has 1 unspecified atom stereocenters. The molecule has 0 aliphatic heterocycles. The van der Waals surface area contributed by atoms with Gasteiger partial charge < -0.3 is 0 Å². The summed E-state index contributed by atoms with van der Waals surface area (Å²) in [5, 5.41) is 0. The standard InChI is InChI=1S/C15H24BrN3O/c1-10(2)7-11(3)19(4)9-13-6-5-12(8-14(13)16)15(20)18-17/h5-6,8,10-11H,7,9,17H2,1-4H3,(H,18,20). The Morgan fingerprint density at radius 1 is 1.40 bits per heavy atom. The molecule has 1 atom stereocenters. The molecule has 0 bridgehead atoms. The fraction of sp³-hybridized carbons (Fsp3) is 0.533. The summed E-state index contributed by atoms with van der Waals surface area (Å²) in [6, 6.07) is 6.09. The van der Waals surface area contributed by atoms with E-state index in [0.29, 0.717) is 17.5 Å². The minimum atomic E-state index is -0.279. The summed E-state index contributed by atoms with van der Waals surface area (Å²) in [6.45, 7) is 7.56. The molecule has 4 nitrogen and oxygen atoms in total. The van der Waals surface area contributed by atoms with Crippen molar-refractivity contribution in [3.05, 3.63) is 33.8 Å². The van der Waals surface area contributed by atoms with Crippen molar-refractivity contribution in [3.8, 4) is 0 Å². The van der Waals surface area contributed by atoms with Crippen molar-refractivity contribution in [3.63, 3.8) is 0 Å². The van der Waals surface area contributed by atoms with Gasteiger partial charge in [0.2, 0.25) is 0 Å². The number of carbonyl (C=O) groups is 1. The number of halogens is 1. The lowest BCUT2D eigenvalue weighted by molar-refractivity contribution is 0.0953. The average molecular weight is 342 g/mol. The van der Waals surface area contributed by atoms with Gasteiger partial charge in [0.25, 0.3) is 5.91 Å². The molecule has 20 heavy (non-hydrogen) atoms. The summed E-state index contributed by atoms with van der Waals surface area (Å²) in [6.07, 6.45) is 1.17. The maximum atomic E-state index is 11.5. The van der Waals surface area contributed by atoms with E-state index in [9.17, 15) is 4.79 Å². The summed E-state index contributed by atoms with van der Waals surface area (Å²) >= 11 is 3.53. The quantitative estimate of drug-likeness (QED) is 0.475. The molecule has 1 amide bonds. The molecule has 0 aromatic heterocycles. The Labute approximate surface area is 129 Å². The molecule has 0 saturated carbocycles.